The number of hydrogen-bond donors (Lipinski definition) is 0. The van der Waals surface area contributed by atoms with Crippen LogP contribution in [-0.4, -0.2) is 48.4 Å². The van der Waals surface area contributed by atoms with Gasteiger partial charge in [0, 0.05) is 55.6 Å². The minimum atomic E-state index is 0.0471. The highest BCUT2D eigenvalue weighted by Gasteiger charge is 2.26. The van der Waals surface area contributed by atoms with Gasteiger partial charge in [-0.3, -0.25) is 19.3 Å². The van der Waals surface area contributed by atoms with Crippen molar-refractivity contribution in [2.45, 2.75) is 18.8 Å². The quantitative estimate of drug-likeness (QED) is 0.733. The number of carbonyl (C=O) groups excluding carboxylic acids is 1. The third-order valence-corrected chi connectivity index (χ3v) is 4.46. The van der Waals surface area contributed by atoms with Crippen molar-refractivity contribution in [3.05, 3.63) is 66.9 Å². The molecule has 0 aliphatic carbocycles. The molecule has 4 rings (SSSR count). The van der Waals surface area contributed by atoms with Crippen LogP contribution in [-0.2, 0) is 0 Å². The zero-order valence-electron chi connectivity index (χ0n) is 13.7. The number of carbonyl (C=O) groups is 1. The third-order valence-electron chi connectivity index (χ3n) is 4.46. The molecular formula is C18H18N6O. The maximum atomic E-state index is 12.7. The van der Waals surface area contributed by atoms with Crippen molar-refractivity contribution in [2.75, 3.05) is 13.1 Å². The molecule has 0 radical (unpaired) electrons. The van der Waals surface area contributed by atoms with Crippen LogP contribution < -0.4 is 0 Å². The van der Waals surface area contributed by atoms with Gasteiger partial charge in [0.15, 0.2) is 5.82 Å². The van der Waals surface area contributed by atoms with Crippen molar-refractivity contribution >= 4 is 5.91 Å². The fraction of sp³-hybridized carbons (Fsp3) is 0.278. The summed E-state index contributed by atoms with van der Waals surface area (Å²) in [5.74, 6) is 0.980. The number of piperidine rings is 1. The van der Waals surface area contributed by atoms with E-state index in [4.69, 9.17) is 4.98 Å². The zero-order chi connectivity index (χ0) is 17.1. The van der Waals surface area contributed by atoms with Crippen molar-refractivity contribution in [3.8, 4) is 5.82 Å². The molecule has 0 aromatic carbocycles. The smallest absolute Gasteiger partial charge is 0.253 e. The molecule has 0 bridgehead atoms. The van der Waals surface area contributed by atoms with Crippen LogP contribution in [0.15, 0.2) is 55.6 Å². The number of amides is 1. The first kappa shape index (κ1) is 15.4. The van der Waals surface area contributed by atoms with E-state index in [2.05, 4.69) is 15.0 Å². The van der Waals surface area contributed by atoms with E-state index in [9.17, 15) is 4.79 Å². The van der Waals surface area contributed by atoms with Crippen molar-refractivity contribution in [1.82, 2.24) is 29.4 Å². The van der Waals surface area contributed by atoms with Gasteiger partial charge in [0.25, 0.3) is 5.91 Å². The number of likely N-dealkylation sites (tertiary alicyclic amines) is 1. The molecular weight excluding hydrogens is 316 g/mol. The van der Waals surface area contributed by atoms with E-state index in [0.29, 0.717) is 12.1 Å². The Hall–Kier alpha value is -3.09. The van der Waals surface area contributed by atoms with Gasteiger partial charge in [-0.25, -0.2) is 9.97 Å². The standard InChI is InChI=1S/C18H18N6O/c25-18(14-3-5-19-6-4-14)23-8-1-2-15(12-23)16-10-21-11-17(22-16)24-9-7-20-13-24/h3-7,9-11,13,15H,1-2,8,12H2/t15-/m0/s1. The minimum Gasteiger partial charge on any atom is -0.338 e. The van der Waals surface area contributed by atoms with Gasteiger partial charge in [0.05, 0.1) is 11.9 Å². The Morgan fingerprint density at radius 3 is 2.76 bits per heavy atom. The molecule has 3 aromatic rings. The average molecular weight is 334 g/mol. The van der Waals surface area contributed by atoms with E-state index in [-0.39, 0.29) is 11.8 Å². The van der Waals surface area contributed by atoms with Gasteiger partial charge in [-0.1, -0.05) is 0 Å². The first-order valence-corrected chi connectivity index (χ1v) is 8.31. The summed E-state index contributed by atoms with van der Waals surface area (Å²) in [4.78, 5) is 31.6. The predicted octanol–water partition coefficient (Wildman–Crippen LogP) is 2.08. The Bertz CT molecular complexity index is 849. The van der Waals surface area contributed by atoms with Gasteiger partial charge in [0.1, 0.15) is 6.33 Å². The summed E-state index contributed by atoms with van der Waals surface area (Å²) >= 11 is 0. The molecule has 4 heterocycles. The molecule has 1 atom stereocenters. The summed E-state index contributed by atoms with van der Waals surface area (Å²) in [6, 6.07) is 3.51. The van der Waals surface area contributed by atoms with Crippen LogP contribution >= 0.6 is 0 Å². The van der Waals surface area contributed by atoms with Crippen LogP contribution in [0, 0.1) is 0 Å². The Kier molecular flexibility index (Phi) is 4.20. The number of imidazole rings is 1. The van der Waals surface area contributed by atoms with Gasteiger partial charge in [-0.2, -0.15) is 0 Å². The summed E-state index contributed by atoms with van der Waals surface area (Å²) < 4.78 is 1.83. The summed E-state index contributed by atoms with van der Waals surface area (Å²) in [5, 5.41) is 0. The second-order valence-corrected chi connectivity index (χ2v) is 6.10. The second kappa shape index (κ2) is 6.80. The monoisotopic (exact) mass is 334 g/mol. The molecule has 7 heteroatoms. The molecule has 0 saturated carbocycles. The van der Waals surface area contributed by atoms with Crippen LogP contribution in [0.5, 0.6) is 0 Å². The fourth-order valence-corrected chi connectivity index (χ4v) is 3.17. The van der Waals surface area contributed by atoms with Gasteiger partial charge >= 0.3 is 0 Å². The van der Waals surface area contributed by atoms with Crippen molar-refractivity contribution in [3.63, 3.8) is 0 Å². The summed E-state index contributed by atoms with van der Waals surface area (Å²) in [6.45, 7) is 1.43. The molecule has 25 heavy (non-hydrogen) atoms. The lowest BCUT2D eigenvalue weighted by molar-refractivity contribution is 0.0705. The zero-order valence-corrected chi connectivity index (χ0v) is 13.7. The highest BCUT2D eigenvalue weighted by Crippen LogP contribution is 2.26. The van der Waals surface area contributed by atoms with Gasteiger partial charge < -0.3 is 4.90 Å². The Balaban J connectivity index is 1.54. The molecule has 0 N–H and O–H groups in total. The molecule has 1 fully saturated rings. The topological polar surface area (TPSA) is 76.8 Å². The number of rotatable bonds is 3. The molecule has 1 aliphatic heterocycles. The molecule has 7 nitrogen and oxygen atoms in total. The predicted molar refractivity (Wildman–Crippen MR) is 91.3 cm³/mol. The van der Waals surface area contributed by atoms with Crippen molar-refractivity contribution in [2.24, 2.45) is 0 Å². The van der Waals surface area contributed by atoms with Crippen molar-refractivity contribution in [1.29, 1.82) is 0 Å². The van der Waals surface area contributed by atoms with Gasteiger partial charge in [-0.05, 0) is 25.0 Å². The first-order chi connectivity index (χ1) is 12.3. The highest BCUT2D eigenvalue weighted by atomic mass is 16.2. The SMILES string of the molecule is O=C(c1ccncc1)N1CCC[C@H](c2cncc(-n3ccnc3)n2)C1. The van der Waals surface area contributed by atoms with E-state index in [1.165, 1.54) is 0 Å². The molecule has 0 unspecified atom stereocenters. The van der Waals surface area contributed by atoms with Gasteiger partial charge in [-0.15, -0.1) is 0 Å². The summed E-state index contributed by atoms with van der Waals surface area (Å²) in [6.07, 6.45) is 14.0. The van der Waals surface area contributed by atoms with Crippen LogP contribution in [0.2, 0.25) is 0 Å². The Labute approximate surface area is 145 Å². The molecule has 126 valence electrons. The molecule has 1 saturated heterocycles. The van der Waals surface area contributed by atoms with E-state index in [0.717, 1.165) is 30.9 Å². The fourth-order valence-electron chi connectivity index (χ4n) is 3.17. The molecule has 1 aliphatic rings. The van der Waals surface area contributed by atoms with Crippen molar-refractivity contribution < 1.29 is 4.79 Å². The maximum Gasteiger partial charge on any atom is 0.253 e. The Morgan fingerprint density at radius 2 is 1.96 bits per heavy atom. The van der Waals surface area contributed by atoms with E-state index >= 15 is 0 Å². The van der Waals surface area contributed by atoms with E-state index < -0.39 is 0 Å². The lowest BCUT2D eigenvalue weighted by Gasteiger charge is -2.32. The minimum absolute atomic E-state index is 0.0471. The summed E-state index contributed by atoms with van der Waals surface area (Å²) in [5.41, 5.74) is 1.59. The summed E-state index contributed by atoms with van der Waals surface area (Å²) in [7, 11) is 0. The normalized spacial score (nSPS) is 17.4. The largest absolute Gasteiger partial charge is 0.338 e. The molecule has 1 amide bonds. The molecule has 0 spiro atoms. The number of hydrogen-bond acceptors (Lipinski definition) is 5. The van der Waals surface area contributed by atoms with E-state index in [1.54, 1.807) is 49.4 Å². The molecule has 3 aromatic heterocycles. The highest BCUT2D eigenvalue weighted by molar-refractivity contribution is 5.94. The van der Waals surface area contributed by atoms with Gasteiger partial charge in [0.2, 0.25) is 0 Å². The van der Waals surface area contributed by atoms with Crippen LogP contribution in [0.3, 0.4) is 0 Å². The van der Waals surface area contributed by atoms with Crippen LogP contribution in [0.4, 0.5) is 0 Å². The average Bonchev–Trinajstić information content (AvgIpc) is 3.23. The maximum absolute atomic E-state index is 12.7. The Morgan fingerprint density at radius 1 is 1.08 bits per heavy atom. The van der Waals surface area contributed by atoms with Crippen LogP contribution in [0.25, 0.3) is 5.82 Å². The number of pyridine rings is 1. The lowest BCUT2D eigenvalue weighted by atomic mass is 9.94. The third kappa shape index (κ3) is 3.26. The lowest BCUT2D eigenvalue weighted by Crippen LogP contribution is -2.39. The second-order valence-electron chi connectivity index (χ2n) is 6.10. The number of aromatic nitrogens is 5. The van der Waals surface area contributed by atoms with E-state index in [1.807, 2.05) is 15.7 Å². The number of nitrogens with zero attached hydrogens (tertiary/aromatic N) is 6. The van der Waals surface area contributed by atoms with Crippen LogP contribution in [0.1, 0.15) is 34.8 Å². The first-order valence-electron chi connectivity index (χ1n) is 8.31.